The summed E-state index contributed by atoms with van der Waals surface area (Å²) in [7, 11) is 0. The van der Waals surface area contributed by atoms with Crippen LogP contribution < -0.4 is 4.90 Å². The molecule has 11 rings (SSSR count). The molecule has 0 N–H and O–H groups in total. The van der Waals surface area contributed by atoms with Gasteiger partial charge in [-0.2, -0.15) is 0 Å². The molecule has 0 aliphatic heterocycles. The van der Waals surface area contributed by atoms with Crippen LogP contribution in [0, 0.1) is 0 Å². The van der Waals surface area contributed by atoms with Gasteiger partial charge in [0.15, 0.2) is 0 Å². The van der Waals surface area contributed by atoms with E-state index in [0.29, 0.717) is 0 Å². The average molecular weight is 766 g/mol. The lowest BCUT2D eigenvalue weighted by molar-refractivity contribution is 0.632. The second kappa shape index (κ2) is 15.1. The average Bonchev–Trinajstić information content (AvgIpc) is 3.72. The minimum atomic E-state index is 0.888. The lowest BCUT2D eigenvalue weighted by atomic mass is 9.95. The number of furan rings is 1. The summed E-state index contributed by atoms with van der Waals surface area (Å²) >= 11 is 0. The molecule has 10 aromatic carbocycles. The van der Waals surface area contributed by atoms with E-state index in [4.69, 9.17) is 4.42 Å². The van der Waals surface area contributed by atoms with Gasteiger partial charge in [-0.25, -0.2) is 0 Å². The van der Waals surface area contributed by atoms with Gasteiger partial charge in [0.2, 0.25) is 0 Å². The largest absolute Gasteiger partial charge is 0.455 e. The zero-order chi connectivity index (χ0) is 39.8. The zero-order valence-corrected chi connectivity index (χ0v) is 32.9. The molecule has 0 atom stereocenters. The molecule has 0 aliphatic rings. The summed E-state index contributed by atoms with van der Waals surface area (Å²) in [5.41, 5.74) is 14.5. The van der Waals surface area contributed by atoms with Crippen LogP contribution in [0.4, 0.5) is 17.1 Å². The maximum Gasteiger partial charge on any atom is 0.143 e. The third kappa shape index (κ3) is 6.51. The second-order valence-electron chi connectivity index (χ2n) is 15.3. The first-order chi connectivity index (χ1) is 29.7. The smallest absolute Gasteiger partial charge is 0.143 e. The summed E-state index contributed by atoms with van der Waals surface area (Å²) in [6.07, 6.45) is 0. The fraction of sp³-hybridized carbons (Fsp3) is 0. The lowest BCUT2D eigenvalue weighted by Gasteiger charge is -2.27. The minimum Gasteiger partial charge on any atom is -0.455 e. The summed E-state index contributed by atoms with van der Waals surface area (Å²) in [6, 6.07) is 84.7. The maximum atomic E-state index is 6.55. The van der Waals surface area contributed by atoms with Gasteiger partial charge in [0.25, 0.3) is 0 Å². The molecule has 0 unspecified atom stereocenters. The maximum absolute atomic E-state index is 6.55. The first-order valence-corrected chi connectivity index (χ1v) is 20.5. The second-order valence-corrected chi connectivity index (χ2v) is 15.3. The standard InChI is InChI=1S/C58H39NO/c1-3-13-40(14-4-1)47-19-12-21-51(38-47)59(52-35-36-54-48(39-52)30-29-44-15-7-8-22-53(44)54)50-33-31-42(32-34-50)41-25-27-43(28-26-41)46-18-11-20-49(37-46)58-57(45-16-5-2-6-17-45)55-23-9-10-24-56(55)60-58/h1-39H. The van der Waals surface area contributed by atoms with Gasteiger partial charge in [-0.05, 0) is 109 Å². The van der Waals surface area contributed by atoms with Crippen LogP contribution in [0.3, 0.4) is 0 Å². The van der Waals surface area contributed by atoms with Crippen molar-refractivity contribution in [1.29, 1.82) is 0 Å². The molecule has 0 fully saturated rings. The van der Waals surface area contributed by atoms with E-state index in [1.165, 1.54) is 38.2 Å². The molecule has 2 nitrogen and oxygen atoms in total. The first-order valence-electron chi connectivity index (χ1n) is 20.5. The van der Waals surface area contributed by atoms with E-state index in [9.17, 15) is 0 Å². The number of nitrogens with zero attached hydrogens (tertiary/aromatic N) is 1. The van der Waals surface area contributed by atoms with Gasteiger partial charge in [0, 0.05) is 33.6 Å². The Morgan fingerprint density at radius 3 is 1.53 bits per heavy atom. The van der Waals surface area contributed by atoms with E-state index in [1.807, 2.05) is 12.1 Å². The number of hydrogen-bond acceptors (Lipinski definition) is 2. The third-order valence-electron chi connectivity index (χ3n) is 11.7. The van der Waals surface area contributed by atoms with Crippen molar-refractivity contribution in [2.45, 2.75) is 0 Å². The van der Waals surface area contributed by atoms with Gasteiger partial charge in [-0.3, -0.25) is 0 Å². The van der Waals surface area contributed by atoms with E-state index in [-0.39, 0.29) is 0 Å². The van der Waals surface area contributed by atoms with Gasteiger partial charge >= 0.3 is 0 Å². The van der Waals surface area contributed by atoms with Crippen LogP contribution in [-0.2, 0) is 0 Å². The summed E-state index contributed by atoms with van der Waals surface area (Å²) in [4.78, 5) is 2.37. The quantitative estimate of drug-likeness (QED) is 0.143. The van der Waals surface area contributed by atoms with E-state index in [1.54, 1.807) is 0 Å². The molecular formula is C58H39NO. The molecule has 2 heteroatoms. The van der Waals surface area contributed by atoms with Crippen LogP contribution >= 0.6 is 0 Å². The Hall–Kier alpha value is -7.94. The Bertz CT molecular complexity index is 3290. The molecule has 282 valence electrons. The molecule has 0 spiro atoms. The fourth-order valence-corrected chi connectivity index (χ4v) is 8.68. The number of hydrogen-bond donors (Lipinski definition) is 0. The summed E-state index contributed by atoms with van der Waals surface area (Å²) in [5, 5.41) is 6.11. The van der Waals surface area contributed by atoms with Crippen molar-refractivity contribution in [2.24, 2.45) is 0 Å². The number of para-hydroxylation sites is 1. The molecular weight excluding hydrogens is 727 g/mol. The highest BCUT2D eigenvalue weighted by Crippen LogP contribution is 2.43. The Balaban J connectivity index is 0.927. The Kier molecular flexibility index (Phi) is 8.87. The zero-order valence-electron chi connectivity index (χ0n) is 32.9. The van der Waals surface area contributed by atoms with Crippen LogP contribution in [0.5, 0.6) is 0 Å². The molecule has 0 radical (unpaired) electrons. The predicted octanol–water partition coefficient (Wildman–Crippen LogP) is 16.5. The lowest BCUT2D eigenvalue weighted by Crippen LogP contribution is -2.10. The fourth-order valence-electron chi connectivity index (χ4n) is 8.68. The summed E-state index contributed by atoms with van der Waals surface area (Å²) in [6.45, 7) is 0. The van der Waals surface area contributed by atoms with Gasteiger partial charge < -0.3 is 9.32 Å². The molecule has 0 aliphatic carbocycles. The first kappa shape index (κ1) is 35.2. The number of rotatable bonds is 8. The molecule has 60 heavy (non-hydrogen) atoms. The van der Waals surface area contributed by atoms with Crippen molar-refractivity contribution in [2.75, 3.05) is 4.90 Å². The minimum absolute atomic E-state index is 0.888. The van der Waals surface area contributed by atoms with Crippen LogP contribution in [0.2, 0.25) is 0 Å². The number of fused-ring (bicyclic) bond motifs is 4. The van der Waals surface area contributed by atoms with Crippen molar-refractivity contribution >= 4 is 49.6 Å². The van der Waals surface area contributed by atoms with Crippen molar-refractivity contribution in [1.82, 2.24) is 0 Å². The Morgan fingerprint density at radius 2 is 0.767 bits per heavy atom. The van der Waals surface area contributed by atoms with Crippen molar-refractivity contribution in [3.63, 3.8) is 0 Å². The third-order valence-corrected chi connectivity index (χ3v) is 11.7. The van der Waals surface area contributed by atoms with E-state index in [0.717, 1.165) is 67.2 Å². The van der Waals surface area contributed by atoms with Crippen molar-refractivity contribution in [3.8, 4) is 55.8 Å². The van der Waals surface area contributed by atoms with E-state index in [2.05, 4.69) is 229 Å². The van der Waals surface area contributed by atoms with Crippen LogP contribution in [0.25, 0.3) is 88.3 Å². The highest BCUT2D eigenvalue weighted by atomic mass is 16.3. The van der Waals surface area contributed by atoms with Crippen LogP contribution in [-0.4, -0.2) is 0 Å². The molecule has 0 amide bonds. The van der Waals surface area contributed by atoms with Crippen molar-refractivity contribution < 1.29 is 4.42 Å². The van der Waals surface area contributed by atoms with E-state index < -0.39 is 0 Å². The molecule has 11 aromatic rings. The highest BCUT2D eigenvalue weighted by Gasteiger charge is 2.19. The van der Waals surface area contributed by atoms with Gasteiger partial charge in [-0.1, -0.05) is 188 Å². The molecule has 0 saturated carbocycles. The number of anilines is 3. The van der Waals surface area contributed by atoms with Gasteiger partial charge in [-0.15, -0.1) is 0 Å². The van der Waals surface area contributed by atoms with Crippen LogP contribution in [0.15, 0.2) is 241 Å². The molecule has 0 saturated heterocycles. The molecule has 1 heterocycles. The topological polar surface area (TPSA) is 16.4 Å². The normalized spacial score (nSPS) is 11.3. The molecule has 0 bridgehead atoms. The summed E-state index contributed by atoms with van der Waals surface area (Å²) < 4.78 is 6.55. The van der Waals surface area contributed by atoms with Gasteiger partial charge in [0.05, 0.1) is 0 Å². The van der Waals surface area contributed by atoms with Gasteiger partial charge in [0.1, 0.15) is 11.3 Å². The molecule has 1 aromatic heterocycles. The highest BCUT2D eigenvalue weighted by molar-refractivity contribution is 6.08. The SMILES string of the molecule is c1ccc(-c2cccc(N(c3ccc(-c4ccc(-c5cccc(-c6oc7ccccc7c6-c6ccccc6)c5)cc4)cc3)c3ccc4c(ccc5ccccc54)c3)c2)cc1. The Morgan fingerprint density at radius 1 is 0.267 bits per heavy atom. The number of benzene rings is 10. The Labute approximate surface area is 349 Å². The van der Waals surface area contributed by atoms with Crippen LogP contribution in [0.1, 0.15) is 0 Å². The van der Waals surface area contributed by atoms with E-state index >= 15 is 0 Å². The summed E-state index contributed by atoms with van der Waals surface area (Å²) in [5.74, 6) is 0.888. The monoisotopic (exact) mass is 765 g/mol. The van der Waals surface area contributed by atoms with Crippen molar-refractivity contribution in [3.05, 3.63) is 237 Å². The predicted molar refractivity (Wildman–Crippen MR) is 253 cm³/mol.